The number of pyridine rings is 1. The van der Waals surface area contributed by atoms with Gasteiger partial charge in [0.1, 0.15) is 5.82 Å². The van der Waals surface area contributed by atoms with E-state index in [4.69, 9.17) is 11.6 Å². The highest BCUT2D eigenvalue weighted by Gasteiger charge is 2.15. The molecule has 0 saturated carbocycles. The topological polar surface area (TPSA) is 24.9 Å². The molecule has 0 aliphatic rings. The lowest BCUT2D eigenvalue weighted by molar-refractivity contribution is 0.631. The van der Waals surface area contributed by atoms with E-state index in [9.17, 15) is 4.39 Å². The molecule has 110 valence electrons. The van der Waals surface area contributed by atoms with Gasteiger partial charge in [-0.25, -0.2) is 4.39 Å². The molecule has 0 atom stereocenters. The van der Waals surface area contributed by atoms with Crippen molar-refractivity contribution < 1.29 is 4.39 Å². The fourth-order valence-corrected chi connectivity index (χ4v) is 2.45. The SMILES string of the molecule is C=C(C)c1nc(CC)c(-c2cc(Cl)ccc2F)cc1NC. The zero-order chi connectivity index (χ0) is 15.6. The van der Waals surface area contributed by atoms with Crippen molar-refractivity contribution in [2.75, 3.05) is 12.4 Å². The first-order chi connectivity index (χ1) is 9.97. The Labute approximate surface area is 129 Å². The Bertz CT molecular complexity index is 695. The van der Waals surface area contributed by atoms with Gasteiger partial charge in [-0.2, -0.15) is 0 Å². The maximum atomic E-state index is 14.1. The lowest BCUT2D eigenvalue weighted by Crippen LogP contribution is -2.03. The molecular formula is C17H18ClFN2. The van der Waals surface area contributed by atoms with Crippen LogP contribution in [0.5, 0.6) is 0 Å². The van der Waals surface area contributed by atoms with Crippen molar-refractivity contribution in [2.24, 2.45) is 0 Å². The first kappa shape index (κ1) is 15.5. The third-order valence-electron chi connectivity index (χ3n) is 3.33. The third kappa shape index (κ3) is 3.08. The van der Waals surface area contributed by atoms with Crippen molar-refractivity contribution in [3.05, 3.63) is 53.1 Å². The van der Waals surface area contributed by atoms with Gasteiger partial charge in [-0.05, 0) is 43.2 Å². The molecule has 2 nitrogen and oxygen atoms in total. The number of halogens is 2. The molecule has 1 heterocycles. The van der Waals surface area contributed by atoms with Gasteiger partial charge in [-0.1, -0.05) is 25.1 Å². The Balaban J connectivity index is 2.73. The highest BCUT2D eigenvalue weighted by Crippen LogP contribution is 2.33. The van der Waals surface area contributed by atoms with E-state index in [1.807, 2.05) is 27.0 Å². The number of aromatic nitrogens is 1. The summed E-state index contributed by atoms with van der Waals surface area (Å²) in [6, 6.07) is 6.46. The predicted octanol–water partition coefficient (Wildman–Crippen LogP) is 5.18. The van der Waals surface area contributed by atoms with Crippen molar-refractivity contribution >= 4 is 22.9 Å². The number of anilines is 1. The molecule has 0 aliphatic carbocycles. The van der Waals surface area contributed by atoms with Crippen LogP contribution in [-0.2, 0) is 6.42 Å². The second-order valence-electron chi connectivity index (χ2n) is 4.89. The van der Waals surface area contributed by atoms with Crippen LogP contribution in [-0.4, -0.2) is 12.0 Å². The lowest BCUT2D eigenvalue weighted by Gasteiger charge is -2.15. The number of hydrogen-bond donors (Lipinski definition) is 1. The van der Waals surface area contributed by atoms with Gasteiger partial charge in [0, 0.05) is 28.9 Å². The molecule has 0 spiro atoms. The molecule has 2 rings (SSSR count). The number of nitrogens with zero attached hydrogens (tertiary/aromatic N) is 1. The molecular weight excluding hydrogens is 287 g/mol. The van der Waals surface area contributed by atoms with Gasteiger partial charge in [0.2, 0.25) is 0 Å². The normalized spacial score (nSPS) is 10.5. The highest BCUT2D eigenvalue weighted by molar-refractivity contribution is 6.30. The van der Waals surface area contributed by atoms with Crippen LogP contribution in [0.1, 0.15) is 25.2 Å². The Kier molecular flexibility index (Phi) is 4.63. The van der Waals surface area contributed by atoms with Gasteiger partial charge >= 0.3 is 0 Å². The molecule has 0 fully saturated rings. The van der Waals surface area contributed by atoms with Crippen LogP contribution in [0.15, 0.2) is 30.8 Å². The molecule has 0 bridgehead atoms. The quantitative estimate of drug-likeness (QED) is 0.842. The monoisotopic (exact) mass is 304 g/mol. The van der Waals surface area contributed by atoms with Gasteiger partial charge in [0.25, 0.3) is 0 Å². The summed E-state index contributed by atoms with van der Waals surface area (Å²) in [5.41, 5.74) is 4.55. The van der Waals surface area contributed by atoms with Crippen LogP contribution in [0.25, 0.3) is 16.7 Å². The van der Waals surface area contributed by atoms with Crippen molar-refractivity contribution in [3.63, 3.8) is 0 Å². The molecule has 0 radical (unpaired) electrons. The van der Waals surface area contributed by atoms with Gasteiger partial charge in [-0.15, -0.1) is 0 Å². The van der Waals surface area contributed by atoms with Gasteiger partial charge in [-0.3, -0.25) is 4.98 Å². The van der Waals surface area contributed by atoms with Gasteiger partial charge in [0.05, 0.1) is 11.4 Å². The van der Waals surface area contributed by atoms with Crippen LogP contribution >= 0.6 is 11.6 Å². The fourth-order valence-electron chi connectivity index (χ4n) is 2.27. The van der Waals surface area contributed by atoms with Crippen LogP contribution < -0.4 is 5.32 Å². The summed E-state index contributed by atoms with van der Waals surface area (Å²) in [6.45, 7) is 7.85. The van der Waals surface area contributed by atoms with E-state index in [-0.39, 0.29) is 5.82 Å². The lowest BCUT2D eigenvalue weighted by atomic mass is 9.99. The number of nitrogens with one attached hydrogen (secondary N) is 1. The highest BCUT2D eigenvalue weighted by atomic mass is 35.5. The molecule has 2 aromatic rings. The summed E-state index contributed by atoms with van der Waals surface area (Å²) in [6.07, 6.45) is 0.700. The Hall–Kier alpha value is -1.87. The first-order valence-corrected chi connectivity index (χ1v) is 7.18. The van der Waals surface area contributed by atoms with Crippen molar-refractivity contribution in [3.8, 4) is 11.1 Å². The summed E-state index contributed by atoms with van der Waals surface area (Å²) in [5.74, 6) is -0.305. The van der Waals surface area contributed by atoms with E-state index in [1.165, 1.54) is 6.07 Å². The van der Waals surface area contributed by atoms with Crippen molar-refractivity contribution in [2.45, 2.75) is 20.3 Å². The second-order valence-corrected chi connectivity index (χ2v) is 5.32. The first-order valence-electron chi connectivity index (χ1n) is 6.80. The zero-order valence-corrected chi connectivity index (χ0v) is 13.2. The zero-order valence-electron chi connectivity index (χ0n) is 12.4. The van der Waals surface area contributed by atoms with E-state index in [2.05, 4.69) is 16.9 Å². The maximum absolute atomic E-state index is 14.1. The Morgan fingerprint density at radius 1 is 1.33 bits per heavy atom. The third-order valence-corrected chi connectivity index (χ3v) is 3.56. The average molecular weight is 305 g/mol. The van der Waals surface area contributed by atoms with E-state index in [1.54, 1.807) is 12.1 Å². The molecule has 4 heteroatoms. The second kappa shape index (κ2) is 6.27. The summed E-state index contributed by atoms with van der Waals surface area (Å²) in [7, 11) is 1.81. The molecule has 1 aromatic carbocycles. The Morgan fingerprint density at radius 3 is 2.62 bits per heavy atom. The molecule has 0 unspecified atom stereocenters. The summed E-state index contributed by atoms with van der Waals surface area (Å²) >= 11 is 6.00. The van der Waals surface area contributed by atoms with Crippen molar-refractivity contribution in [1.82, 2.24) is 4.98 Å². The van der Waals surface area contributed by atoms with Crippen LogP contribution in [0, 0.1) is 5.82 Å². The number of aryl methyl sites for hydroxylation is 1. The van der Waals surface area contributed by atoms with E-state index < -0.39 is 0 Å². The van der Waals surface area contributed by atoms with Gasteiger partial charge in [0.15, 0.2) is 0 Å². The minimum absolute atomic E-state index is 0.305. The molecule has 1 aromatic heterocycles. The number of benzene rings is 1. The number of rotatable bonds is 4. The van der Waals surface area contributed by atoms with Crippen LogP contribution in [0.4, 0.5) is 10.1 Å². The summed E-state index contributed by atoms with van der Waals surface area (Å²) in [5, 5.41) is 3.60. The van der Waals surface area contributed by atoms with E-state index in [0.29, 0.717) is 17.0 Å². The van der Waals surface area contributed by atoms with E-state index in [0.717, 1.165) is 28.2 Å². The van der Waals surface area contributed by atoms with Gasteiger partial charge < -0.3 is 5.32 Å². The minimum Gasteiger partial charge on any atom is -0.386 e. The predicted molar refractivity (Wildman–Crippen MR) is 88.3 cm³/mol. The van der Waals surface area contributed by atoms with Crippen molar-refractivity contribution in [1.29, 1.82) is 0 Å². The fraction of sp³-hybridized carbons (Fsp3) is 0.235. The van der Waals surface area contributed by atoms with Crippen LogP contribution in [0.2, 0.25) is 5.02 Å². The van der Waals surface area contributed by atoms with E-state index >= 15 is 0 Å². The number of allylic oxidation sites excluding steroid dienone is 1. The molecule has 21 heavy (non-hydrogen) atoms. The molecule has 1 N–H and O–H groups in total. The molecule has 0 saturated heterocycles. The smallest absolute Gasteiger partial charge is 0.131 e. The molecule has 0 aliphatic heterocycles. The largest absolute Gasteiger partial charge is 0.386 e. The standard InChI is InChI=1S/C17H18ClFN2/c1-5-15-13(12-8-11(18)6-7-14(12)19)9-16(20-4)17(21-15)10(2)3/h6-9,20H,2,5H2,1,3-4H3. The van der Waals surface area contributed by atoms with Crippen LogP contribution in [0.3, 0.4) is 0 Å². The molecule has 0 amide bonds. The number of hydrogen-bond acceptors (Lipinski definition) is 2. The maximum Gasteiger partial charge on any atom is 0.131 e. The average Bonchev–Trinajstić information content (AvgIpc) is 2.48. The summed E-state index contributed by atoms with van der Waals surface area (Å²) in [4.78, 5) is 4.64. The Morgan fingerprint density at radius 2 is 2.05 bits per heavy atom. The summed E-state index contributed by atoms with van der Waals surface area (Å²) < 4.78 is 14.1. The minimum atomic E-state index is -0.305.